The zero-order valence-electron chi connectivity index (χ0n) is 13.7. The van der Waals surface area contributed by atoms with E-state index in [2.05, 4.69) is 4.90 Å². The normalized spacial score (nSPS) is 22.4. The van der Waals surface area contributed by atoms with Crippen LogP contribution >= 0.6 is 11.6 Å². The molecule has 1 atom stereocenters. The van der Waals surface area contributed by atoms with Gasteiger partial charge in [0.15, 0.2) is 6.10 Å². The molecule has 0 radical (unpaired) electrons. The van der Waals surface area contributed by atoms with Gasteiger partial charge in [-0.25, -0.2) is 0 Å². The lowest BCUT2D eigenvalue weighted by Crippen LogP contribution is -2.53. The number of hydrogen-bond donors (Lipinski definition) is 0. The minimum Gasteiger partial charge on any atom is -0.492 e. The van der Waals surface area contributed by atoms with Crippen LogP contribution < -0.4 is 4.74 Å². The number of carbonyl (C=O) groups excluding carboxylic acids is 1. The Hall–Kier alpha value is -1.34. The van der Waals surface area contributed by atoms with Crippen molar-refractivity contribution in [2.24, 2.45) is 0 Å². The highest BCUT2D eigenvalue weighted by Gasteiger charge is 2.29. The lowest BCUT2D eigenvalue weighted by atomic mass is 10.2. The van der Waals surface area contributed by atoms with Crippen molar-refractivity contribution in [3.63, 3.8) is 0 Å². The molecule has 0 aliphatic carbocycles. The van der Waals surface area contributed by atoms with E-state index in [-0.39, 0.29) is 5.91 Å². The Bertz CT molecular complexity index is 526. The molecule has 0 saturated carbocycles. The maximum Gasteiger partial charge on any atom is 0.254 e. The second kappa shape index (κ2) is 8.67. The van der Waals surface area contributed by atoms with Crippen molar-refractivity contribution < 1.29 is 19.0 Å². The van der Waals surface area contributed by atoms with Crippen molar-refractivity contribution in [1.82, 2.24) is 9.80 Å². The van der Waals surface area contributed by atoms with Gasteiger partial charge in [-0.1, -0.05) is 11.6 Å². The number of rotatable bonds is 5. The molecule has 6 nitrogen and oxygen atoms in total. The summed E-state index contributed by atoms with van der Waals surface area (Å²) in [7, 11) is 0. The van der Waals surface area contributed by atoms with E-state index >= 15 is 0 Å². The highest BCUT2D eigenvalue weighted by Crippen LogP contribution is 2.15. The first-order valence-electron chi connectivity index (χ1n) is 8.31. The average Bonchev–Trinajstić information content (AvgIpc) is 2.64. The van der Waals surface area contributed by atoms with Crippen molar-refractivity contribution in [2.75, 3.05) is 59.2 Å². The van der Waals surface area contributed by atoms with E-state index in [0.29, 0.717) is 31.5 Å². The van der Waals surface area contributed by atoms with Crippen LogP contribution in [0.1, 0.15) is 0 Å². The van der Waals surface area contributed by atoms with Crippen molar-refractivity contribution in [2.45, 2.75) is 6.10 Å². The first-order valence-corrected chi connectivity index (χ1v) is 8.69. The van der Waals surface area contributed by atoms with Crippen LogP contribution in [0.25, 0.3) is 0 Å². The number of nitrogens with zero attached hydrogens (tertiary/aromatic N) is 2. The fourth-order valence-corrected chi connectivity index (χ4v) is 2.98. The molecule has 1 unspecified atom stereocenters. The number of ether oxygens (including phenoxy) is 3. The van der Waals surface area contributed by atoms with Gasteiger partial charge in [0, 0.05) is 37.7 Å². The molecule has 7 heteroatoms. The summed E-state index contributed by atoms with van der Waals surface area (Å²) >= 11 is 5.85. The summed E-state index contributed by atoms with van der Waals surface area (Å²) in [6.07, 6.45) is -0.432. The molecular formula is C17H23ClN2O4. The third kappa shape index (κ3) is 4.83. The Kier molecular flexibility index (Phi) is 6.31. The predicted molar refractivity (Wildman–Crippen MR) is 90.5 cm³/mol. The summed E-state index contributed by atoms with van der Waals surface area (Å²) in [4.78, 5) is 16.5. The Morgan fingerprint density at radius 3 is 2.58 bits per heavy atom. The van der Waals surface area contributed by atoms with E-state index < -0.39 is 6.10 Å². The molecule has 1 aromatic carbocycles. The molecule has 0 bridgehead atoms. The zero-order valence-corrected chi connectivity index (χ0v) is 14.4. The number of hydrogen-bond acceptors (Lipinski definition) is 5. The SMILES string of the molecule is O=C(C1COCCO1)N1CCN(CCOc2ccc(Cl)cc2)CC1. The summed E-state index contributed by atoms with van der Waals surface area (Å²) in [6.45, 7) is 6.05. The summed E-state index contributed by atoms with van der Waals surface area (Å²) in [6, 6.07) is 7.37. The van der Waals surface area contributed by atoms with Gasteiger partial charge < -0.3 is 19.1 Å². The second-order valence-corrected chi connectivity index (χ2v) is 6.34. The lowest BCUT2D eigenvalue weighted by molar-refractivity contribution is -0.159. The molecule has 132 valence electrons. The molecule has 2 heterocycles. The maximum atomic E-state index is 12.4. The van der Waals surface area contributed by atoms with Crippen molar-refractivity contribution >= 4 is 17.5 Å². The quantitative estimate of drug-likeness (QED) is 0.797. The van der Waals surface area contributed by atoms with Crippen LogP contribution in [0, 0.1) is 0 Å². The summed E-state index contributed by atoms with van der Waals surface area (Å²) < 4.78 is 16.5. The first kappa shape index (κ1) is 17.5. The van der Waals surface area contributed by atoms with E-state index in [1.807, 2.05) is 29.2 Å². The number of piperazine rings is 1. The monoisotopic (exact) mass is 354 g/mol. The van der Waals surface area contributed by atoms with Crippen molar-refractivity contribution in [3.05, 3.63) is 29.3 Å². The largest absolute Gasteiger partial charge is 0.492 e. The van der Waals surface area contributed by atoms with Gasteiger partial charge in [0.2, 0.25) is 0 Å². The summed E-state index contributed by atoms with van der Waals surface area (Å²) in [5, 5.41) is 0.704. The molecule has 1 aromatic rings. The summed E-state index contributed by atoms with van der Waals surface area (Å²) in [5.41, 5.74) is 0. The fourth-order valence-electron chi connectivity index (χ4n) is 2.85. The fraction of sp³-hybridized carbons (Fsp3) is 0.588. The molecule has 0 N–H and O–H groups in total. The van der Waals surface area contributed by atoms with Crippen molar-refractivity contribution in [3.8, 4) is 5.75 Å². The summed E-state index contributed by atoms with van der Waals surface area (Å²) in [5.74, 6) is 0.870. The lowest BCUT2D eigenvalue weighted by Gasteiger charge is -2.36. The number of halogens is 1. The van der Waals surface area contributed by atoms with E-state index in [9.17, 15) is 4.79 Å². The minimum atomic E-state index is -0.432. The highest BCUT2D eigenvalue weighted by atomic mass is 35.5. The number of amides is 1. The Morgan fingerprint density at radius 2 is 1.92 bits per heavy atom. The molecule has 2 aliphatic rings. The van der Waals surface area contributed by atoms with Gasteiger partial charge in [0.1, 0.15) is 12.4 Å². The van der Waals surface area contributed by atoms with Crippen LogP contribution in [-0.4, -0.2) is 81.0 Å². The molecule has 2 fully saturated rings. The average molecular weight is 355 g/mol. The standard InChI is InChI=1S/C17H23ClN2O4/c18-14-1-3-15(4-2-14)23-10-9-19-5-7-20(8-6-19)17(21)16-13-22-11-12-24-16/h1-4,16H,5-13H2. The Morgan fingerprint density at radius 1 is 1.17 bits per heavy atom. The van der Waals surface area contributed by atoms with Crippen molar-refractivity contribution in [1.29, 1.82) is 0 Å². The van der Waals surface area contributed by atoms with Gasteiger partial charge >= 0.3 is 0 Å². The minimum absolute atomic E-state index is 0.0479. The van der Waals surface area contributed by atoms with E-state index in [1.54, 1.807) is 0 Å². The van der Waals surface area contributed by atoms with Gasteiger partial charge in [-0.2, -0.15) is 0 Å². The predicted octanol–water partition coefficient (Wildman–Crippen LogP) is 1.28. The molecule has 3 rings (SSSR count). The van der Waals surface area contributed by atoms with Crippen LogP contribution in [0.2, 0.25) is 5.02 Å². The van der Waals surface area contributed by atoms with E-state index in [0.717, 1.165) is 38.5 Å². The number of benzene rings is 1. The van der Waals surface area contributed by atoms with Crippen LogP contribution in [0.15, 0.2) is 24.3 Å². The second-order valence-electron chi connectivity index (χ2n) is 5.90. The van der Waals surface area contributed by atoms with Gasteiger partial charge in [-0.15, -0.1) is 0 Å². The van der Waals surface area contributed by atoms with E-state index in [4.69, 9.17) is 25.8 Å². The molecule has 24 heavy (non-hydrogen) atoms. The molecular weight excluding hydrogens is 332 g/mol. The van der Waals surface area contributed by atoms with Crippen LogP contribution in [0.4, 0.5) is 0 Å². The molecule has 2 saturated heterocycles. The maximum absolute atomic E-state index is 12.4. The molecule has 0 spiro atoms. The smallest absolute Gasteiger partial charge is 0.254 e. The highest BCUT2D eigenvalue weighted by molar-refractivity contribution is 6.30. The van der Waals surface area contributed by atoms with Gasteiger partial charge in [0.25, 0.3) is 5.91 Å². The third-order valence-corrected chi connectivity index (χ3v) is 4.52. The molecule has 1 amide bonds. The Labute approximate surface area is 147 Å². The Balaban J connectivity index is 1.35. The van der Waals surface area contributed by atoms with E-state index in [1.165, 1.54) is 0 Å². The van der Waals surface area contributed by atoms with Gasteiger partial charge in [0.05, 0.1) is 19.8 Å². The van der Waals surface area contributed by atoms with Crippen LogP contribution in [0.5, 0.6) is 5.75 Å². The third-order valence-electron chi connectivity index (χ3n) is 4.27. The van der Waals surface area contributed by atoms with Gasteiger partial charge in [-0.3, -0.25) is 9.69 Å². The topological polar surface area (TPSA) is 51.2 Å². The van der Waals surface area contributed by atoms with Gasteiger partial charge in [-0.05, 0) is 24.3 Å². The van der Waals surface area contributed by atoms with Crippen LogP contribution in [0.3, 0.4) is 0 Å². The number of carbonyl (C=O) groups is 1. The zero-order chi connectivity index (χ0) is 16.8. The van der Waals surface area contributed by atoms with Crippen LogP contribution in [-0.2, 0) is 14.3 Å². The first-order chi connectivity index (χ1) is 11.7. The molecule has 0 aromatic heterocycles. The molecule has 2 aliphatic heterocycles.